The largest absolute Gasteiger partial charge is 0.393 e. The summed E-state index contributed by atoms with van der Waals surface area (Å²) in [5.74, 6) is 0. The molecule has 0 spiro atoms. The minimum absolute atomic E-state index is 0.290. The van der Waals surface area contributed by atoms with E-state index >= 15 is 0 Å². The number of aliphatic hydroxyl groups is 1. The summed E-state index contributed by atoms with van der Waals surface area (Å²) < 4.78 is 0. The van der Waals surface area contributed by atoms with Crippen LogP contribution in [0, 0.1) is 0 Å². The molecule has 2 atom stereocenters. The first-order valence-corrected chi connectivity index (χ1v) is 7.92. The molecule has 1 aliphatic rings. The third-order valence-corrected chi connectivity index (χ3v) is 4.59. The Morgan fingerprint density at radius 2 is 2.39 bits per heavy atom. The van der Waals surface area contributed by atoms with Crippen LogP contribution in [0.25, 0.3) is 0 Å². The third-order valence-electron chi connectivity index (χ3n) is 3.67. The third kappa shape index (κ3) is 3.77. The van der Waals surface area contributed by atoms with Crippen LogP contribution in [-0.2, 0) is 12.8 Å². The molecule has 1 fully saturated rings. The fourth-order valence-corrected chi connectivity index (χ4v) is 3.63. The summed E-state index contributed by atoms with van der Waals surface area (Å²) in [5, 5.41) is 12.7. The van der Waals surface area contributed by atoms with E-state index in [0.29, 0.717) is 12.5 Å². The van der Waals surface area contributed by atoms with Crippen LogP contribution in [0.15, 0.2) is 5.38 Å². The summed E-state index contributed by atoms with van der Waals surface area (Å²) in [5.41, 5.74) is 1.05. The second-order valence-corrected chi connectivity index (χ2v) is 6.21. The highest BCUT2D eigenvalue weighted by atomic mass is 32.1. The predicted octanol–water partition coefficient (Wildman–Crippen LogP) is 2.48. The summed E-state index contributed by atoms with van der Waals surface area (Å²) >= 11 is 1.75. The van der Waals surface area contributed by atoms with E-state index in [2.05, 4.69) is 22.2 Å². The number of nitrogens with zero attached hydrogens (tertiary/aromatic N) is 2. The average Bonchev–Trinajstić information content (AvgIpc) is 2.76. The van der Waals surface area contributed by atoms with Crippen molar-refractivity contribution in [2.24, 2.45) is 0 Å². The van der Waals surface area contributed by atoms with E-state index in [0.717, 1.165) is 18.7 Å². The highest BCUT2D eigenvalue weighted by Gasteiger charge is 2.22. The lowest BCUT2D eigenvalue weighted by Gasteiger charge is -2.34. The van der Waals surface area contributed by atoms with Gasteiger partial charge in [-0.05, 0) is 32.9 Å². The summed E-state index contributed by atoms with van der Waals surface area (Å²) in [6.45, 7) is 6.46. The van der Waals surface area contributed by atoms with Gasteiger partial charge < -0.3 is 10.0 Å². The normalized spacial score (nSPS) is 23.2. The topological polar surface area (TPSA) is 36.4 Å². The van der Waals surface area contributed by atoms with Crippen molar-refractivity contribution >= 4 is 11.3 Å². The molecule has 0 amide bonds. The molecule has 0 aromatic carbocycles. The first kappa shape index (κ1) is 14.0. The van der Waals surface area contributed by atoms with Crippen LogP contribution in [-0.4, -0.2) is 40.2 Å². The smallest absolute Gasteiger partial charge is 0.0943 e. The van der Waals surface area contributed by atoms with Gasteiger partial charge in [-0.15, -0.1) is 11.3 Å². The fraction of sp³-hybridized carbons (Fsp3) is 0.786. The Kier molecular flexibility index (Phi) is 5.15. The van der Waals surface area contributed by atoms with Gasteiger partial charge in [0.25, 0.3) is 0 Å². The van der Waals surface area contributed by atoms with Crippen molar-refractivity contribution in [3.63, 3.8) is 0 Å². The minimum Gasteiger partial charge on any atom is -0.393 e. The summed E-state index contributed by atoms with van der Waals surface area (Å²) in [7, 11) is 0. The zero-order valence-electron chi connectivity index (χ0n) is 11.4. The summed E-state index contributed by atoms with van der Waals surface area (Å²) in [6.07, 6.45) is 5.47. The number of hydrogen-bond donors (Lipinski definition) is 1. The first-order chi connectivity index (χ1) is 8.69. The molecule has 4 heteroatoms. The standard InChI is InChI=1S/C14H24N2OS/c1-3-16-7-5-4-6-13(16)9-14-15-12(10-18-14)8-11(2)17/h10-11,13,17H,3-9H2,1-2H3. The van der Waals surface area contributed by atoms with Gasteiger partial charge in [0.1, 0.15) is 0 Å². The zero-order valence-corrected chi connectivity index (χ0v) is 12.2. The Bertz CT molecular complexity index is 364. The number of rotatable bonds is 5. The van der Waals surface area contributed by atoms with Crippen molar-refractivity contribution < 1.29 is 5.11 Å². The van der Waals surface area contributed by atoms with Crippen LogP contribution in [0.3, 0.4) is 0 Å². The average molecular weight is 268 g/mol. The number of aliphatic hydroxyl groups excluding tert-OH is 1. The van der Waals surface area contributed by atoms with Gasteiger partial charge in [0.2, 0.25) is 0 Å². The van der Waals surface area contributed by atoms with Crippen LogP contribution in [0.1, 0.15) is 43.8 Å². The molecule has 3 nitrogen and oxygen atoms in total. The Morgan fingerprint density at radius 3 is 3.11 bits per heavy atom. The molecule has 1 aromatic rings. The number of likely N-dealkylation sites (tertiary alicyclic amines) is 1. The van der Waals surface area contributed by atoms with Crippen molar-refractivity contribution in [1.82, 2.24) is 9.88 Å². The maximum Gasteiger partial charge on any atom is 0.0943 e. The maximum absolute atomic E-state index is 9.37. The van der Waals surface area contributed by atoms with Crippen LogP contribution in [0.4, 0.5) is 0 Å². The van der Waals surface area contributed by atoms with E-state index in [1.807, 2.05) is 6.92 Å². The molecule has 1 saturated heterocycles. The number of aromatic nitrogens is 1. The van der Waals surface area contributed by atoms with Crippen molar-refractivity contribution in [3.05, 3.63) is 16.1 Å². The molecule has 0 radical (unpaired) electrons. The van der Waals surface area contributed by atoms with Gasteiger partial charge >= 0.3 is 0 Å². The number of likely N-dealkylation sites (N-methyl/N-ethyl adjacent to an activating group) is 1. The van der Waals surface area contributed by atoms with Gasteiger partial charge in [-0.25, -0.2) is 4.98 Å². The van der Waals surface area contributed by atoms with Gasteiger partial charge in [0, 0.05) is 24.3 Å². The van der Waals surface area contributed by atoms with E-state index in [-0.39, 0.29) is 6.10 Å². The maximum atomic E-state index is 9.37. The van der Waals surface area contributed by atoms with E-state index < -0.39 is 0 Å². The second kappa shape index (κ2) is 6.64. The van der Waals surface area contributed by atoms with E-state index in [1.54, 1.807) is 11.3 Å². The highest BCUT2D eigenvalue weighted by Crippen LogP contribution is 2.22. The van der Waals surface area contributed by atoms with E-state index in [1.165, 1.54) is 30.8 Å². The van der Waals surface area contributed by atoms with Crippen molar-refractivity contribution in [2.75, 3.05) is 13.1 Å². The van der Waals surface area contributed by atoms with Crippen molar-refractivity contribution in [3.8, 4) is 0 Å². The Labute approximate surface area is 114 Å². The van der Waals surface area contributed by atoms with Gasteiger partial charge in [-0.2, -0.15) is 0 Å². The predicted molar refractivity (Wildman–Crippen MR) is 76.1 cm³/mol. The molecule has 2 unspecified atom stereocenters. The highest BCUT2D eigenvalue weighted by molar-refractivity contribution is 7.09. The molecular weight excluding hydrogens is 244 g/mol. The summed E-state index contributed by atoms with van der Waals surface area (Å²) in [6, 6.07) is 0.675. The second-order valence-electron chi connectivity index (χ2n) is 5.27. The van der Waals surface area contributed by atoms with Gasteiger partial charge in [0.15, 0.2) is 0 Å². The molecule has 1 N–H and O–H groups in total. The van der Waals surface area contributed by atoms with Gasteiger partial charge in [-0.1, -0.05) is 13.3 Å². The molecule has 18 heavy (non-hydrogen) atoms. The van der Waals surface area contributed by atoms with Crippen LogP contribution < -0.4 is 0 Å². The van der Waals surface area contributed by atoms with Crippen LogP contribution >= 0.6 is 11.3 Å². The van der Waals surface area contributed by atoms with Gasteiger partial charge in [0.05, 0.1) is 16.8 Å². The molecule has 2 rings (SSSR count). The van der Waals surface area contributed by atoms with Crippen molar-refractivity contribution in [2.45, 2.75) is 58.1 Å². The molecule has 102 valence electrons. The molecule has 0 aliphatic carbocycles. The number of hydrogen-bond acceptors (Lipinski definition) is 4. The molecule has 1 aromatic heterocycles. The Morgan fingerprint density at radius 1 is 1.56 bits per heavy atom. The number of piperidine rings is 1. The van der Waals surface area contributed by atoms with E-state index in [4.69, 9.17) is 0 Å². The molecule has 2 heterocycles. The zero-order chi connectivity index (χ0) is 13.0. The molecular formula is C14H24N2OS. The Hall–Kier alpha value is -0.450. The SMILES string of the molecule is CCN1CCCCC1Cc1nc(CC(C)O)cs1. The van der Waals surface area contributed by atoms with Crippen molar-refractivity contribution in [1.29, 1.82) is 0 Å². The molecule has 1 aliphatic heterocycles. The number of thiazole rings is 1. The molecule has 0 saturated carbocycles. The van der Waals surface area contributed by atoms with Gasteiger partial charge in [-0.3, -0.25) is 0 Å². The van der Waals surface area contributed by atoms with Crippen LogP contribution in [0.2, 0.25) is 0 Å². The lowest BCUT2D eigenvalue weighted by Crippen LogP contribution is -2.40. The monoisotopic (exact) mass is 268 g/mol. The van der Waals surface area contributed by atoms with E-state index in [9.17, 15) is 5.11 Å². The lowest BCUT2D eigenvalue weighted by atomic mass is 10.00. The minimum atomic E-state index is -0.290. The fourth-order valence-electron chi connectivity index (χ4n) is 2.75. The first-order valence-electron chi connectivity index (χ1n) is 7.04. The van der Waals surface area contributed by atoms with Crippen LogP contribution in [0.5, 0.6) is 0 Å². The summed E-state index contributed by atoms with van der Waals surface area (Å²) in [4.78, 5) is 7.23. The lowest BCUT2D eigenvalue weighted by molar-refractivity contribution is 0.155. The Balaban J connectivity index is 1.93. The quantitative estimate of drug-likeness (QED) is 0.891. The molecule has 0 bridgehead atoms.